The van der Waals surface area contributed by atoms with Gasteiger partial charge in [-0.2, -0.15) is 0 Å². The Labute approximate surface area is 194 Å². The zero-order chi connectivity index (χ0) is 23.4. The molecule has 4 rings (SSSR count). The normalized spacial score (nSPS) is 12.0. The summed E-state index contributed by atoms with van der Waals surface area (Å²) in [4.78, 5) is 18.2. The number of H-pyrrole nitrogens is 1. The van der Waals surface area contributed by atoms with Crippen molar-refractivity contribution >= 4 is 10.9 Å². The molecule has 33 heavy (non-hydrogen) atoms. The van der Waals surface area contributed by atoms with Crippen molar-refractivity contribution in [2.24, 2.45) is 0 Å². The van der Waals surface area contributed by atoms with Gasteiger partial charge in [0.05, 0.1) is 12.1 Å². The molecule has 7 nitrogen and oxygen atoms in total. The van der Waals surface area contributed by atoms with E-state index in [0.717, 1.165) is 41.7 Å². The first-order valence-corrected chi connectivity index (χ1v) is 11.5. The fourth-order valence-electron chi connectivity index (χ4n) is 4.00. The molecule has 2 heterocycles. The highest BCUT2D eigenvalue weighted by Crippen LogP contribution is 2.21. The summed E-state index contributed by atoms with van der Waals surface area (Å²) < 4.78 is 1.91. The first kappa shape index (κ1) is 22.9. The van der Waals surface area contributed by atoms with Gasteiger partial charge in [-0.05, 0) is 73.2 Å². The molecule has 1 N–H and O–H groups in total. The number of benzene rings is 2. The van der Waals surface area contributed by atoms with Gasteiger partial charge >= 0.3 is 0 Å². The van der Waals surface area contributed by atoms with E-state index in [1.807, 2.05) is 28.9 Å². The Morgan fingerprint density at radius 3 is 2.61 bits per heavy atom. The number of hydrogen-bond donors (Lipinski definition) is 1. The maximum Gasteiger partial charge on any atom is 0.252 e. The summed E-state index contributed by atoms with van der Waals surface area (Å²) in [6, 6.07) is 18.5. The van der Waals surface area contributed by atoms with Crippen LogP contribution in [0.4, 0.5) is 0 Å². The number of tetrazole rings is 1. The Hall–Kier alpha value is -3.32. The molecule has 0 radical (unpaired) electrons. The molecule has 0 spiro atoms. The summed E-state index contributed by atoms with van der Waals surface area (Å²) in [7, 11) is 0. The molecule has 2 aromatic heterocycles. The number of aromatic amines is 1. The molecule has 4 aromatic rings. The number of pyridine rings is 1. The average molecular weight is 445 g/mol. The van der Waals surface area contributed by atoms with Gasteiger partial charge in [-0.15, -0.1) is 5.10 Å². The van der Waals surface area contributed by atoms with Crippen LogP contribution < -0.4 is 5.56 Å². The molecule has 0 unspecified atom stereocenters. The predicted molar refractivity (Wildman–Crippen MR) is 131 cm³/mol. The molecule has 0 bridgehead atoms. The summed E-state index contributed by atoms with van der Waals surface area (Å²) >= 11 is 0. The summed E-state index contributed by atoms with van der Waals surface area (Å²) in [5, 5.41) is 13.6. The molecule has 0 aliphatic carbocycles. The lowest BCUT2D eigenvalue weighted by atomic mass is 10.0. The van der Waals surface area contributed by atoms with Crippen LogP contribution in [0.3, 0.4) is 0 Å². The molecular formula is C26H32N6O. The van der Waals surface area contributed by atoms with E-state index < -0.39 is 0 Å². The van der Waals surface area contributed by atoms with Gasteiger partial charge in [-0.3, -0.25) is 9.69 Å². The minimum absolute atomic E-state index is 0.0513. The third-order valence-electron chi connectivity index (χ3n) is 6.37. The lowest BCUT2D eigenvalue weighted by Crippen LogP contribution is -2.33. The molecule has 7 heteroatoms. The standard InChI is InChI=1S/C26H32N6O/c1-5-26(3,4)32-24(28-29-30-32)18-31(14-13-20-9-7-6-8-10-20)17-22-16-21-15-19(2)11-12-23(21)27-25(22)33/h6-12,15-16H,5,13-14,17-18H2,1-4H3,(H,27,33). The third-order valence-corrected chi connectivity index (χ3v) is 6.37. The summed E-state index contributed by atoms with van der Waals surface area (Å²) in [5.41, 5.74) is 3.81. The zero-order valence-electron chi connectivity index (χ0n) is 19.9. The fraction of sp³-hybridized carbons (Fsp3) is 0.385. The van der Waals surface area contributed by atoms with Crippen LogP contribution in [0.2, 0.25) is 0 Å². The van der Waals surface area contributed by atoms with Crippen LogP contribution in [-0.4, -0.2) is 36.6 Å². The van der Waals surface area contributed by atoms with E-state index in [4.69, 9.17) is 0 Å². The Bertz CT molecular complexity index is 1270. The van der Waals surface area contributed by atoms with Crippen LogP contribution in [0.25, 0.3) is 10.9 Å². The van der Waals surface area contributed by atoms with E-state index in [1.54, 1.807) is 0 Å². The van der Waals surface area contributed by atoms with Crippen LogP contribution in [0.1, 0.15) is 49.7 Å². The Morgan fingerprint density at radius 2 is 1.85 bits per heavy atom. The van der Waals surface area contributed by atoms with Gasteiger partial charge in [0, 0.05) is 24.2 Å². The van der Waals surface area contributed by atoms with Crippen LogP contribution in [0, 0.1) is 6.92 Å². The highest BCUT2D eigenvalue weighted by molar-refractivity contribution is 5.79. The molecule has 0 saturated carbocycles. The van der Waals surface area contributed by atoms with E-state index in [9.17, 15) is 4.79 Å². The highest BCUT2D eigenvalue weighted by Gasteiger charge is 2.24. The van der Waals surface area contributed by atoms with E-state index >= 15 is 0 Å². The largest absolute Gasteiger partial charge is 0.322 e. The lowest BCUT2D eigenvalue weighted by molar-refractivity contribution is 0.225. The van der Waals surface area contributed by atoms with Crippen LogP contribution in [-0.2, 0) is 25.0 Å². The van der Waals surface area contributed by atoms with Crippen LogP contribution >= 0.6 is 0 Å². The minimum Gasteiger partial charge on any atom is -0.322 e. The molecule has 0 fully saturated rings. The SMILES string of the molecule is CCC(C)(C)n1nnnc1CN(CCc1ccccc1)Cc1cc2cc(C)ccc2[nH]c1=O. The Morgan fingerprint density at radius 1 is 1.06 bits per heavy atom. The van der Waals surface area contributed by atoms with Crippen LogP contribution in [0.15, 0.2) is 59.4 Å². The number of fused-ring (bicyclic) bond motifs is 1. The van der Waals surface area contributed by atoms with Crippen molar-refractivity contribution in [1.29, 1.82) is 0 Å². The molecule has 0 saturated heterocycles. The maximum absolute atomic E-state index is 12.9. The number of aromatic nitrogens is 5. The van der Waals surface area contributed by atoms with Crippen molar-refractivity contribution in [2.75, 3.05) is 6.54 Å². The molecule has 2 aromatic carbocycles. The maximum atomic E-state index is 12.9. The summed E-state index contributed by atoms with van der Waals surface area (Å²) in [5.74, 6) is 0.808. The van der Waals surface area contributed by atoms with Crippen molar-refractivity contribution in [3.05, 3.63) is 87.5 Å². The fourth-order valence-corrected chi connectivity index (χ4v) is 4.00. The van der Waals surface area contributed by atoms with E-state index in [0.29, 0.717) is 13.1 Å². The van der Waals surface area contributed by atoms with Gasteiger partial charge in [-0.25, -0.2) is 4.68 Å². The molecule has 0 aliphatic rings. The lowest BCUT2D eigenvalue weighted by Gasteiger charge is -2.27. The summed E-state index contributed by atoms with van der Waals surface area (Å²) in [6.07, 6.45) is 1.79. The monoisotopic (exact) mass is 444 g/mol. The quantitative estimate of drug-likeness (QED) is 0.418. The number of nitrogens with zero attached hydrogens (tertiary/aromatic N) is 5. The Balaban J connectivity index is 1.63. The van der Waals surface area contributed by atoms with Gasteiger partial charge in [-0.1, -0.05) is 48.9 Å². The zero-order valence-corrected chi connectivity index (χ0v) is 19.9. The van der Waals surface area contributed by atoms with E-state index in [1.165, 1.54) is 11.1 Å². The van der Waals surface area contributed by atoms with Gasteiger partial charge in [0.15, 0.2) is 5.82 Å². The van der Waals surface area contributed by atoms with Crippen molar-refractivity contribution in [3.63, 3.8) is 0 Å². The highest BCUT2D eigenvalue weighted by atomic mass is 16.1. The molecule has 0 aliphatic heterocycles. The van der Waals surface area contributed by atoms with Gasteiger partial charge in [0.2, 0.25) is 0 Å². The molecule has 0 atom stereocenters. The van der Waals surface area contributed by atoms with Crippen molar-refractivity contribution in [1.82, 2.24) is 30.1 Å². The van der Waals surface area contributed by atoms with Crippen molar-refractivity contribution in [2.45, 2.75) is 59.2 Å². The van der Waals surface area contributed by atoms with Crippen molar-refractivity contribution in [3.8, 4) is 0 Å². The average Bonchev–Trinajstić information content (AvgIpc) is 3.28. The molecule has 0 amide bonds. The van der Waals surface area contributed by atoms with E-state index in [-0.39, 0.29) is 11.1 Å². The molecule has 172 valence electrons. The van der Waals surface area contributed by atoms with Crippen molar-refractivity contribution < 1.29 is 0 Å². The minimum atomic E-state index is -0.179. The first-order chi connectivity index (χ1) is 15.9. The second-order valence-corrected chi connectivity index (χ2v) is 9.33. The summed E-state index contributed by atoms with van der Waals surface area (Å²) in [6.45, 7) is 10.3. The third kappa shape index (κ3) is 5.37. The number of rotatable bonds is 9. The number of hydrogen-bond acceptors (Lipinski definition) is 5. The second kappa shape index (κ2) is 9.67. The number of nitrogens with one attached hydrogen (secondary N) is 1. The van der Waals surface area contributed by atoms with E-state index in [2.05, 4.69) is 83.4 Å². The number of aryl methyl sites for hydroxylation is 1. The van der Waals surface area contributed by atoms with Gasteiger partial charge in [0.25, 0.3) is 5.56 Å². The van der Waals surface area contributed by atoms with Crippen LogP contribution in [0.5, 0.6) is 0 Å². The molecular weight excluding hydrogens is 412 g/mol. The Kier molecular flexibility index (Phi) is 6.70. The van der Waals surface area contributed by atoms with Gasteiger partial charge < -0.3 is 4.98 Å². The van der Waals surface area contributed by atoms with Gasteiger partial charge in [0.1, 0.15) is 0 Å². The smallest absolute Gasteiger partial charge is 0.252 e. The first-order valence-electron chi connectivity index (χ1n) is 11.5. The predicted octanol–water partition coefficient (Wildman–Crippen LogP) is 4.21. The topological polar surface area (TPSA) is 79.7 Å². The second-order valence-electron chi connectivity index (χ2n) is 9.33.